The summed E-state index contributed by atoms with van der Waals surface area (Å²) in [6.07, 6.45) is 3.67. The lowest BCUT2D eigenvalue weighted by Crippen LogP contribution is -2.54. The number of esters is 1. The number of nitrogens with zero attached hydrogens (tertiary/aromatic N) is 4. The number of aromatic nitrogens is 1. The first-order chi connectivity index (χ1) is 33.1. The lowest BCUT2D eigenvalue weighted by Gasteiger charge is -2.41. The predicted octanol–water partition coefficient (Wildman–Crippen LogP) is 2.72. The van der Waals surface area contributed by atoms with E-state index in [-0.39, 0.29) is 51.1 Å². The molecule has 2 aliphatic rings. The van der Waals surface area contributed by atoms with Gasteiger partial charge in [0, 0.05) is 87.2 Å². The van der Waals surface area contributed by atoms with E-state index in [4.69, 9.17) is 10.5 Å². The number of ether oxygens (including phenoxy) is 1. The molecule has 1 saturated heterocycles. The van der Waals surface area contributed by atoms with Gasteiger partial charge in [-0.25, -0.2) is 13.6 Å². The van der Waals surface area contributed by atoms with Crippen LogP contribution in [-0.4, -0.2) is 135 Å². The zero-order chi connectivity index (χ0) is 51.4. The fourth-order valence-corrected chi connectivity index (χ4v) is 8.39. The Morgan fingerprint density at radius 2 is 1.57 bits per heavy atom. The second-order valence-electron chi connectivity index (χ2n) is 19.0. The zero-order valence-corrected chi connectivity index (χ0v) is 40.4. The first-order valence-electron chi connectivity index (χ1n) is 23.3. The van der Waals surface area contributed by atoms with Crippen molar-refractivity contribution < 1.29 is 57.0 Å². The van der Waals surface area contributed by atoms with Crippen molar-refractivity contribution in [2.45, 2.75) is 104 Å². The lowest BCUT2D eigenvalue weighted by atomic mass is 9.82. The quantitative estimate of drug-likeness (QED) is 0.0768. The number of carbonyl (C=O) groups is 8. The van der Waals surface area contributed by atoms with Crippen molar-refractivity contribution in [3.05, 3.63) is 95.8 Å². The summed E-state index contributed by atoms with van der Waals surface area (Å²) in [5.41, 5.74) is 7.50. The minimum atomic E-state index is -1.16. The van der Waals surface area contributed by atoms with Crippen molar-refractivity contribution in [3.8, 4) is 11.1 Å². The Hall–Kier alpha value is -6.80. The molecule has 6 N–H and O–H groups in total. The minimum absolute atomic E-state index is 0.0276. The van der Waals surface area contributed by atoms with Crippen LogP contribution < -0.4 is 21.7 Å². The molecule has 0 aliphatic carbocycles. The molecule has 0 spiro atoms. The number of hydrogen-bond acceptors (Lipinski definition) is 11. The molecule has 1 aromatic heterocycles. The van der Waals surface area contributed by atoms with Gasteiger partial charge >= 0.3 is 5.97 Å². The number of imide groups is 1. The predicted molar refractivity (Wildman–Crippen MR) is 252 cm³/mol. The molecule has 5 rings (SSSR count). The van der Waals surface area contributed by atoms with Crippen molar-refractivity contribution >= 4 is 47.3 Å². The second-order valence-corrected chi connectivity index (χ2v) is 19.0. The average Bonchev–Trinajstić information content (AvgIpc) is 3.86. The molecule has 0 bridgehead atoms. The molecule has 1 fully saturated rings. The van der Waals surface area contributed by atoms with E-state index < -0.39 is 107 Å². The monoisotopic (exact) mass is 974 g/mol. The summed E-state index contributed by atoms with van der Waals surface area (Å²) in [5, 5.41) is 18.0. The number of benzene rings is 2. The van der Waals surface area contributed by atoms with Crippen LogP contribution >= 0.6 is 0 Å². The molecule has 378 valence electrons. The summed E-state index contributed by atoms with van der Waals surface area (Å²) >= 11 is 0. The van der Waals surface area contributed by atoms with Crippen molar-refractivity contribution in [2.75, 3.05) is 39.3 Å². The first kappa shape index (κ1) is 54.1. The topological polar surface area (TPSA) is 243 Å². The van der Waals surface area contributed by atoms with Crippen LogP contribution in [0, 0.1) is 23.0 Å². The van der Waals surface area contributed by atoms with Crippen LogP contribution in [0.3, 0.4) is 0 Å². The van der Waals surface area contributed by atoms with E-state index in [9.17, 15) is 47.9 Å². The first-order valence-corrected chi connectivity index (χ1v) is 23.3. The van der Waals surface area contributed by atoms with Gasteiger partial charge in [0.1, 0.15) is 43.0 Å². The Kier molecular flexibility index (Phi) is 18.7. The largest absolute Gasteiger partial charge is 0.461 e. The van der Waals surface area contributed by atoms with Gasteiger partial charge in [0.15, 0.2) is 0 Å². The van der Waals surface area contributed by atoms with Gasteiger partial charge in [0.25, 0.3) is 11.8 Å². The van der Waals surface area contributed by atoms with Crippen molar-refractivity contribution in [3.63, 3.8) is 0 Å². The van der Waals surface area contributed by atoms with E-state index in [1.807, 2.05) is 55.7 Å². The van der Waals surface area contributed by atoms with Crippen LogP contribution in [0.2, 0.25) is 0 Å². The molecule has 7 amide bonds. The highest BCUT2D eigenvalue weighted by atomic mass is 19.1. The molecule has 4 atom stereocenters. The van der Waals surface area contributed by atoms with Crippen LogP contribution in [0.15, 0.2) is 72.9 Å². The number of piperidine rings is 1. The summed E-state index contributed by atoms with van der Waals surface area (Å²) in [6, 6.07) is 10.2. The zero-order valence-electron chi connectivity index (χ0n) is 40.4. The normalized spacial score (nSPS) is 15.9. The summed E-state index contributed by atoms with van der Waals surface area (Å²) in [6.45, 7) is 9.83. The fourth-order valence-electron chi connectivity index (χ4n) is 8.39. The lowest BCUT2D eigenvalue weighted by molar-refractivity contribution is -0.156. The van der Waals surface area contributed by atoms with Gasteiger partial charge < -0.3 is 45.9 Å². The number of rotatable bonds is 21. The van der Waals surface area contributed by atoms with Crippen LogP contribution in [0.4, 0.5) is 8.78 Å². The van der Waals surface area contributed by atoms with Crippen molar-refractivity contribution in [1.29, 1.82) is 0 Å². The Balaban J connectivity index is 1.13. The Bertz CT molecular complexity index is 2410. The number of hydrogen-bond donors (Lipinski definition) is 5. The molecule has 70 heavy (non-hydrogen) atoms. The Morgan fingerprint density at radius 3 is 2.19 bits per heavy atom. The third-order valence-corrected chi connectivity index (χ3v) is 12.2. The second kappa shape index (κ2) is 24.2. The number of nitrogens with one attached hydrogen (secondary N) is 3. The van der Waals surface area contributed by atoms with Gasteiger partial charge in [-0.15, -0.1) is 0 Å². The molecular formula is C50H64F2N8O10. The summed E-state index contributed by atoms with van der Waals surface area (Å²) in [7, 11) is 0. The molecular weight excluding hydrogens is 911 g/mol. The molecule has 0 saturated carbocycles. The third-order valence-electron chi connectivity index (χ3n) is 12.2. The van der Waals surface area contributed by atoms with Crippen LogP contribution in [0.25, 0.3) is 11.1 Å². The van der Waals surface area contributed by atoms with E-state index in [0.29, 0.717) is 30.6 Å². The Morgan fingerprint density at radius 1 is 0.914 bits per heavy atom. The van der Waals surface area contributed by atoms with Gasteiger partial charge in [-0.1, -0.05) is 65.0 Å². The molecule has 2 aromatic carbocycles. The highest BCUT2D eigenvalue weighted by molar-refractivity contribution is 6.14. The maximum atomic E-state index is 15.1. The average molecular weight is 975 g/mol. The van der Waals surface area contributed by atoms with E-state index in [1.165, 1.54) is 16.7 Å². The van der Waals surface area contributed by atoms with Gasteiger partial charge in [-0.2, -0.15) is 0 Å². The number of nitrogens with two attached hydrogens (primary N) is 1. The summed E-state index contributed by atoms with van der Waals surface area (Å²) in [4.78, 5) is 106. The number of halogens is 2. The maximum absolute atomic E-state index is 15.1. The number of carbonyl (C=O) groups excluding carboxylic acids is 8. The number of likely N-dealkylation sites (tertiary alicyclic amines) is 1. The van der Waals surface area contributed by atoms with E-state index in [1.54, 1.807) is 26.1 Å². The van der Waals surface area contributed by atoms with Crippen LogP contribution in [-0.2, 0) is 49.6 Å². The standard InChI is InChI=1S/C50H64F2N8O10/c1-30(2)45(48(68)55-31(3)49(69)70-35-17-21-57(22-18-35)43(65)28-60-41(63)14-15-42(60)64)56-40(62)16-20-54-47(67)38(53)19-23-59(44(66)29-61)46(50(4,5)6)39-24-33(36-25-34(51)12-13-37(36)52)27-58(39)26-32-10-8-7-9-11-32/h7-15,24-25,27,30-31,35,38,45-46,61H,16-23,26,28-29,53H2,1-6H3,(H,54,67)(H,55,68)(H,56,62)/t31-,38-,45?,46-/m0/s1. The molecule has 18 nitrogen and oxygen atoms in total. The smallest absolute Gasteiger partial charge is 0.328 e. The number of aliphatic hydroxyl groups excluding tert-OH is 1. The van der Waals surface area contributed by atoms with Crippen molar-refractivity contribution in [1.82, 2.24) is 35.2 Å². The van der Waals surface area contributed by atoms with Gasteiger partial charge in [0.05, 0.1) is 12.1 Å². The fraction of sp³-hybridized carbons (Fsp3) is 0.480. The molecule has 20 heteroatoms. The van der Waals surface area contributed by atoms with Crippen LogP contribution in [0.1, 0.15) is 84.5 Å². The summed E-state index contributed by atoms with van der Waals surface area (Å²) in [5.74, 6) is -6.39. The molecule has 2 aliphatic heterocycles. The molecule has 0 radical (unpaired) electrons. The highest BCUT2D eigenvalue weighted by Gasteiger charge is 2.38. The van der Waals surface area contributed by atoms with E-state index in [0.717, 1.165) is 40.8 Å². The SMILES string of the molecule is CC(C)C(NC(=O)CCNC(=O)[C@@H](N)CCN(C(=O)CO)[C@@H](c1cc(-c2cc(F)ccc2F)cn1Cc1ccccc1)C(C)(C)C)C(=O)N[C@@H](C)C(=O)OC1CCN(C(=O)CN2C(=O)C=CC2=O)CC1. The molecule has 3 heterocycles. The van der Waals surface area contributed by atoms with Crippen molar-refractivity contribution in [2.24, 2.45) is 17.1 Å². The van der Waals surface area contributed by atoms with Gasteiger partial charge in [-0.05, 0) is 54.5 Å². The summed E-state index contributed by atoms with van der Waals surface area (Å²) < 4.78 is 37.0. The Labute approximate surface area is 405 Å². The molecule has 3 aromatic rings. The van der Waals surface area contributed by atoms with Gasteiger partial charge in [-0.3, -0.25) is 38.5 Å². The highest BCUT2D eigenvalue weighted by Crippen LogP contribution is 2.41. The third kappa shape index (κ3) is 14.4. The minimum Gasteiger partial charge on any atom is -0.461 e. The number of amides is 7. The van der Waals surface area contributed by atoms with Gasteiger partial charge in [0.2, 0.25) is 29.5 Å². The van der Waals surface area contributed by atoms with Crippen LogP contribution in [0.5, 0.6) is 0 Å². The van der Waals surface area contributed by atoms with E-state index >= 15 is 4.39 Å². The number of aliphatic hydroxyl groups is 1. The maximum Gasteiger partial charge on any atom is 0.328 e. The molecule has 1 unspecified atom stereocenters. The van der Waals surface area contributed by atoms with E-state index in [2.05, 4.69) is 16.0 Å².